The van der Waals surface area contributed by atoms with Gasteiger partial charge in [-0.2, -0.15) is 0 Å². The number of nitrogens with zero attached hydrogens (tertiary/aromatic N) is 4. The summed E-state index contributed by atoms with van der Waals surface area (Å²) in [4.78, 5) is 22.9. The number of aromatic nitrogens is 2. The monoisotopic (exact) mass is 375 g/mol. The molecule has 8 heteroatoms. The molecule has 0 aliphatic carbocycles. The number of rotatable bonds is 8. The molecule has 0 saturated heterocycles. The Kier molecular flexibility index (Phi) is 7.34. The number of carbonyl (C=O) groups is 1. The van der Waals surface area contributed by atoms with Gasteiger partial charge >= 0.3 is 0 Å². The van der Waals surface area contributed by atoms with Gasteiger partial charge in [0.1, 0.15) is 12.2 Å². The first-order valence-electron chi connectivity index (χ1n) is 8.70. The summed E-state index contributed by atoms with van der Waals surface area (Å²) in [7, 11) is 5.48. The smallest absolute Gasteiger partial charge is 0.255 e. The third-order valence-electron chi connectivity index (χ3n) is 4.16. The molecule has 0 bridgehead atoms. The van der Waals surface area contributed by atoms with Gasteiger partial charge in [-0.1, -0.05) is 0 Å². The van der Waals surface area contributed by atoms with Crippen LogP contribution < -0.4 is 5.32 Å². The van der Waals surface area contributed by atoms with Gasteiger partial charge < -0.3 is 19.5 Å². The van der Waals surface area contributed by atoms with Crippen LogP contribution >= 0.6 is 0 Å². The highest BCUT2D eigenvalue weighted by atomic mass is 19.1. The van der Waals surface area contributed by atoms with Crippen LogP contribution in [0.25, 0.3) is 11.0 Å². The van der Waals surface area contributed by atoms with Crippen molar-refractivity contribution < 1.29 is 13.9 Å². The third kappa shape index (κ3) is 5.29. The van der Waals surface area contributed by atoms with Crippen LogP contribution in [-0.2, 0) is 11.3 Å². The number of aliphatic imine (C=N–C) groups is 1. The summed E-state index contributed by atoms with van der Waals surface area (Å²) in [6.07, 6.45) is 5.68. The van der Waals surface area contributed by atoms with Gasteiger partial charge in [0.25, 0.3) is 5.91 Å². The fourth-order valence-electron chi connectivity index (χ4n) is 2.45. The van der Waals surface area contributed by atoms with E-state index in [1.54, 1.807) is 25.7 Å². The van der Waals surface area contributed by atoms with Gasteiger partial charge in [0, 0.05) is 57.9 Å². The quantitative estimate of drug-likeness (QED) is 0.569. The molecule has 0 atom stereocenters. The fourth-order valence-corrected chi connectivity index (χ4v) is 2.45. The number of ether oxygens (including phenoxy) is 1. The van der Waals surface area contributed by atoms with Crippen LogP contribution in [0.15, 0.2) is 41.4 Å². The highest BCUT2D eigenvalue weighted by molar-refractivity contribution is 6.05. The van der Waals surface area contributed by atoms with E-state index in [0.29, 0.717) is 29.9 Å². The Labute approximate surface area is 158 Å². The predicted molar refractivity (Wildman–Crippen MR) is 105 cm³/mol. The first-order chi connectivity index (χ1) is 13.0. The van der Waals surface area contributed by atoms with Gasteiger partial charge in [0.15, 0.2) is 5.90 Å². The van der Waals surface area contributed by atoms with Gasteiger partial charge in [-0.05, 0) is 19.1 Å². The lowest BCUT2D eigenvalue weighted by Gasteiger charge is -2.11. The minimum Gasteiger partial charge on any atom is -0.484 e. The zero-order valence-electron chi connectivity index (χ0n) is 16.2. The Morgan fingerprint density at radius 1 is 1.48 bits per heavy atom. The lowest BCUT2D eigenvalue weighted by atomic mass is 10.2. The number of hydrogen-bond donors (Lipinski definition) is 1. The summed E-state index contributed by atoms with van der Waals surface area (Å²) in [5.41, 5.74) is 2.86. The third-order valence-corrected chi connectivity index (χ3v) is 4.16. The molecule has 27 heavy (non-hydrogen) atoms. The maximum absolute atomic E-state index is 12.3. The Hall–Kier alpha value is -2.90. The molecule has 2 heterocycles. The molecule has 0 saturated carbocycles. The lowest BCUT2D eigenvalue weighted by molar-refractivity contribution is 0.0952. The fraction of sp³-hybridized carbons (Fsp3) is 0.421. The number of pyridine rings is 1. The van der Waals surface area contributed by atoms with E-state index < -0.39 is 6.67 Å². The molecule has 0 radical (unpaired) electrons. The van der Waals surface area contributed by atoms with Crippen molar-refractivity contribution in [3.8, 4) is 0 Å². The second-order valence-electron chi connectivity index (χ2n) is 6.19. The molecule has 1 amide bonds. The second kappa shape index (κ2) is 9.70. The van der Waals surface area contributed by atoms with Crippen LogP contribution in [0.4, 0.5) is 4.39 Å². The Morgan fingerprint density at radius 2 is 2.26 bits per heavy atom. The van der Waals surface area contributed by atoms with E-state index in [0.717, 1.165) is 11.2 Å². The summed E-state index contributed by atoms with van der Waals surface area (Å²) in [5.74, 6) is 0.255. The molecule has 0 unspecified atom stereocenters. The van der Waals surface area contributed by atoms with Crippen molar-refractivity contribution in [2.75, 3.05) is 34.4 Å². The predicted octanol–water partition coefficient (Wildman–Crippen LogP) is 2.59. The molecule has 0 spiro atoms. The van der Waals surface area contributed by atoms with Crippen molar-refractivity contribution in [2.45, 2.75) is 19.9 Å². The average molecular weight is 375 g/mol. The van der Waals surface area contributed by atoms with Crippen LogP contribution in [0.1, 0.15) is 23.7 Å². The Balaban J connectivity index is 2.22. The van der Waals surface area contributed by atoms with E-state index in [1.807, 2.05) is 42.6 Å². The number of carbonyl (C=O) groups excluding carboxylic acids is 1. The number of amides is 1. The first kappa shape index (κ1) is 20.4. The van der Waals surface area contributed by atoms with Gasteiger partial charge in [-0.3, -0.25) is 9.78 Å². The van der Waals surface area contributed by atoms with E-state index in [9.17, 15) is 9.18 Å². The molecule has 2 aromatic rings. The molecule has 0 aromatic carbocycles. The summed E-state index contributed by atoms with van der Waals surface area (Å²) >= 11 is 0. The highest BCUT2D eigenvalue weighted by Gasteiger charge is 2.16. The molecule has 0 aliphatic rings. The Bertz CT molecular complexity index is 842. The Morgan fingerprint density at radius 3 is 2.93 bits per heavy atom. The zero-order chi connectivity index (χ0) is 19.8. The van der Waals surface area contributed by atoms with Gasteiger partial charge in [-0.15, -0.1) is 0 Å². The summed E-state index contributed by atoms with van der Waals surface area (Å²) < 4.78 is 19.6. The average Bonchev–Trinajstić information content (AvgIpc) is 3.05. The minimum absolute atomic E-state index is 0.0175. The highest BCUT2D eigenvalue weighted by Crippen LogP contribution is 2.19. The largest absolute Gasteiger partial charge is 0.484 e. The number of hydrogen-bond acceptors (Lipinski definition) is 5. The second-order valence-corrected chi connectivity index (χ2v) is 6.19. The van der Waals surface area contributed by atoms with Crippen molar-refractivity contribution in [2.24, 2.45) is 4.99 Å². The zero-order valence-corrected chi connectivity index (χ0v) is 16.2. The number of methoxy groups -OCH3 is 1. The van der Waals surface area contributed by atoms with Crippen LogP contribution in [0.3, 0.4) is 0 Å². The normalized spacial score (nSPS) is 12.3. The SMILES string of the molecule is CO/C(CCn1cc(C(=O)NCCF)c2ncccc21)=N/C=C(\C)N(C)C. The molecule has 2 rings (SSSR count). The number of fused-ring (bicyclic) bond motifs is 1. The molecule has 2 aromatic heterocycles. The first-order valence-corrected chi connectivity index (χ1v) is 8.70. The van der Waals surface area contributed by atoms with Crippen LogP contribution in [0.2, 0.25) is 0 Å². The van der Waals surface area contributed by atoms with E-state index in [1.165, 1.54) is 0 Å². The van der Waals surface area contributed by atoms with Crippen molar-refractivity contribution in [3.63, 3.8) is 0 Å². The van der Waals surface area contributed by atoms with E-state index in [-0.39, 0.29) is 12.5 Å². The molecular formula is C19H26FN5O2. The van der Waals surface area contributed by atoms with Crippen LogP contribution in [0, 0.1) is 0 Å². The minimum atomic E-state index is -0.606. The van der Waals surface area contributed by atoms with E-state index >= 15 is 0 Å². The van der Waals surface area contributed by atoms with E-state index in [2.05, 4.69) is 15.3 Å². The molecule has 0 fully saturated rings. The number of halogens is 1. The summed E-state index contributed by atoms with van der Waals surface area (Å²) in [5, 5.41) is 2.55. The van der Waals surface area contributed by atoms with Crippen molar-refractivity contribution in [1.82, 2.24) is 19.8 Å². The molecule has 7 nitrogen and oxygen atoms in total. The summed E-state index contributed by atoms with van der Waals surface area (Å²) in [6, 6.07) is 3.71. The lowest BCUT2D eigenvalue weighted by Crippen LogP contribution is -2.25. The standard InChI is InChI=1S/C19H26FN5O2/c1-14(24(2)3)12-23-17(27-4)7-11-25-13-15(19(26)22-10-8-20)18-16(25)6-5-9-21-18/h5-6,9,12-13H,7-8,10-11H2,1-4H3,(H,22,26)/b14-12+,23-17+. The van der Waals surface area contributed by atoms with Crippen molar-refractivity contribution in [3.05, 3.63) is 42.0 Å². The number of nitrogens with one attached hydrogen (secondary N) is 1. The van der Waals surface area contributed by atoms with E-state index in [4.69, 9.17) is 4.74 Å². The van der Waals surface area contributed by atoms with Gasteiger partial charge in [0.2, 0.25) is 0 Å². The van der Waals surface area contributed by atoms with Gasteiger partial charge in [0.05, 0.1) is 18.2 Å². The number of aryl methyl sites for hydroxylation is 1. The maximum atomic E-state index is 12.3. The van der Waals surface area contributed by atoms with Crippen molar-refractivity contribution >= 4 is 22.8 Å². The number of alkyl halides is 1. The van der Waals surface area contributed by atoms with Gasteiger partial charge in [-0.25, -0.2) is 9.38 Å². The molecule has 146 valence electrons. The molecule has 0 aliphatic heterocycles. The number of allylic oxidation sites excluding steroid dienone is 1. The van der Waals surface area contributed by atoms with Crippen LogP contribution in [0.5, 0.6) is 0 Å². The topological polar surface area (TPSA) is 71.7 Å². The van der Waals surface area contributed by atoms with Crippen molar-refractivity contribution in [1.29, 1.82) is 0 Å². The molecule has 1 N–H and O–H groups in total. The van der Waals surface area contributed by atoms with Crippen LogP contribution in [-0.4, -0.2) is 60.7 Å². The summed E-state index contributed by atoms with van der Waals surface area (Å²) in [6.45, 7) is 1.91. The molecular weight excluding hydrogens is 349 g/mol. The maximum Gasteiger partial charge on any atom is 0.255 e.